The molecule has 0 bridgehead atoms. The minimum atomic E-state index is -0.00532. The average molecular weight is 342 g/mol. The fourth-order valence-electron chi connectivity index (χ4n) is 2.80. The first-order chi connectivity index (χ1) is 11.8. The third-order valence-corrected chi connectivity index (χ3v) is 4.56. The number of rotatable bonds is 4. The van der Waals surface area contributed by atoms with Gasteiger partial charge in [0.2, 0.25) is 0 Å². The molecule has 3 N–H and O–H groups in total. The van der Waals surface area contributed by atoms with Crippen molar-refractivity contribution in [3.63, 3.8) is 0 Å². The van der Waals surface area contributed by atoms with Gasteiger partial charge in [-0.1, -0.05) is 23.9 Å². The molecule has 3 aromatic rings. The first kappa shape index (κ1) is 15.2. The van der Waals surface area contributed by atoms with E-state index >= 15 is 0 Å². The summed E-state index contributed by atoms with van der Waals surface area (Å²) in [5.41, 5.74) is 8.98. The van der Waals surface area contributed by atoms with Gasteiger partial charge in [-0.25, -0.2) is 15.0 Å². The molecule has 0 amide bonds. The van der Waals surface area contributed by atoms with Crippen molar-refractivity contribution in [2.24, 2.45) is 0 Å². The highest BCUT2D eigenvalue weighted by molar-refractivity contribution is 7.98. The van der Waals surface area contributed by atoms with Crippen molar-refractivity contribution in [3.8, 4) is 0 Å². The first-order valence-corrected chi connectivity index (χ1v) is 9.00. The Bertz CT molecular complexity index is 874. The Labute approximate surface area is 143 Å². The summed E-state index contributed by atoms with van der Waals surface area (Å²) >= 11 is 1.49. The third-order valence-electron chi connectivity index (χ3n) is 4.01. The van der Waals surface area contributed by atoms with Gasteiger partial charge in [0.15, 0.2) is 22.1 Å². The van der Waals surface area contributed by atoms with Crippen LogP contribution in [-0.4, -0.2) is 32.4 Å². The van der Waals surface area contributed by atoms with E-state index in [0.717, 1.165) is 30.8 Å². The van der Waals surface area contributed by atoms with Gasteiger partial charge >= 0.3 is 0 Å². The average Bonchev–Trinajstić information content (AvgIpc) is 3.25. The zero-order valence-electron chi connectivity index (χ0n) is 13.3. The highest BCUT2D eigenvalue weighted by Crippen LogP contribution is 2.31. The van der Waals surface area contributed by atoms with E-state index in [1.54, 1.807) is 6.33 Å². The lowest BCUT2D eigenvalue weighted by molar-refractivity contribution is 0.0592. The first-order valence-electron chi connectivity index (χ1n) is 7.78. The maximum absolute atomic E-state index is 6.03. The zero-order chi connectivity index (χ0) is 16.5. The number of fused-ring (bicyclic) bond motifs is 1. The molecule has 1 fully saturated rings. The molecule has 1 aliphatic rings. The van der Waals surface area contributed by atoms with Crippen molar-refractivity contribution in [3.05, 3.63) is 30.6 Å². The number of hydrogen-bond acceptors (Lipinski definition) is 7. The van der Waals surface area contributed by atoms with Crippen LogP contribution in [0.5, 0.6) is 0 Å². The smallest absolute Gasteiger partial charge is 0.191 e. The van der Waals surface area contributed by atoms with E-state index in [0.29, 0.717) is 22.2 Å². The summed E-state index contributed by atoms with van der Waals surface area (Å²) in [6, 6.07) is 7.59. The molecular weight excluding hydrogens is 324 g/mol. The summed E-state index contributed by atoms with van der Waals surface area (Å²) in [5, 5.41) is 3.97. The molecule has 3 heterocycles. The topological polar surface area (TPSA) is 90.9 Å². The summed E-state index contributed by atoms with van der Waals surface area (Å²) in [6.07, 6.45) is 5.75. The van der Waals surface area contributed by atoms with Gasteiger partial charge < -0.3 is 15.8 Å². The summed E-state index contributed by atoms with van der Waals surface area (Å²) in [7, 11) is 0. The van der Waals surface area contributed by atoms with E-state index in [2.05, 4.69) is 20.3 Å². The molecule has 24 heavy (non-hydrogen) atoms. The Kier molecular flexibility index (Phi) is 3.99. The molecule has 0 aliphatic carbocycles. The van der Waals surface area contributed by atoms with E-state index < -0.39 is 0 Å². The van der Waals surface area contributed by atoms with Crippen LogP contribution in [0, 0.1) is 0 Å². The number of nitrogens with two attached hydrogens (primary N) is 1. The van der Waals surface area contributed by atoms with Gasteiger partial charge in [-0.05, 0) is 31.2 Å². The van der Waals surface area contributed by atoms with Crippen molar-refractivity contribution in [2.45, 2.75) is 24.2 Å². The molecule has 0 radical (unpaired) electrons. The standard InChI is InChI=1S/C16H18N6OS/c1-24-16-20-14(19-11-6-3-2-5-10(11)17)13-15(21-16)22(9-18-13)12-7-4-8-23-12/h2-3,5-6,9,12H,4,7-8,17H2,1H3,(H,19,20,21). The number of thioether (sulfide) groups is 1. The Morgan fingerprint density at radius 3 is 2.96 bits per heavy atom. The maximum atomic E-state index is 6.03. The Morgan fingerprint density at radius 1 is 1.33 bits per heavy atom. The number of benzene rings is 1. The summed E-state index contributed by atoms with van der Waals surface area (Å²) < 4.78 is 7.76. The Hall–Kier alpha value is -2.32. The Balaban J connectivity index is 1.81. The molecule has 7 nitrogen and oxygen atoms in total. The second-order valence-corrected chi connectivity index (χ2v) is 6.34. The van der Waals surface area contributed by atoms with Crippen LogP contribution in [0.25, 0.3) is 11.2 Å². The molecule has 1 atom stereocenters. The van der Waals surface area contributed by atoms with Crippen LogP contribution in [0.2, 0.25) is 0 Å². The van der Waals surface area contributed by atoms with Crippen molar-refractivity contribution in [2.75, 3.05) is 23.9 Å². The minimum Gasteiger partial charge on any atom is -0.397 e. The number of nitrogens with zero attached hydrogens (tertiary/aromatic N) is 4. The van der Waals surface area contributed by atoms with E-state index in [4.69, 9.17) is 10.5 Å². The second-order valence-electron chi connectivity index (χ2n) is 5.56. The van der Waals surface area contributed by atoms with Gasteiger partial charge in [-0.2, -0.15) is 0 Å². The fourth-order valence-corrected chi connectivity index (χ4v) is 3.16. The van der Waals surface area contributed by atoms with Crippen LogP contribution in [0.1, 0.15) is 19.1 Å². The molecule has 124 valence electrons. The largest absolute Gasteiger partial charge is 0.397 e. The van der Waals surface area contributed by atoms with Gasteiger partial charge in [0.1, 0.15) is 6.23 Å². The lowest BCUT2D eigenvalue weighted by atomic mass is 10.2. The maximum Gasteiger partial charge on any atom is 0.191 e. The normalized spacial score (nSPS) is 17.5. The number of para-hydroxylation sites is 2. The molecule has 2 aromatic heterocycles. The van der Waals surface area contributed by atoms with Crippen molar-refractivity contribution in [1.29, 1.82) is 0 Å². The van der Waals surface area contributed by atoms with Crippen molar-refractivity contribution < 1.29 is 4.74 Å². The lowest BCUT2D eigenvalue weighted by Gasteiger charge is -2.13. The van der Waals surface area contributed by atoms with Gasteiger partial charge in [0.05, 0.1) is 17.7 Å². The van der Waals surface area contributed by atoms with E-state index in [1.807, 2.05) is 35.1 Å². The van der Waals surface area contributed by atoms with Gasteiger partial charge in [0.25, 0.3) is 0 Å². The number of imidazole rings is 1. The van der Waals surface area contributed by atoms with E-state index in [1.165, 1.54) is 11.8 Å². The molecule has 1 unspecified atom stereocenters. The lowest BCUT2D eigenvalue weighted by Crippen LogP contribution is -2.07. The van der Waals surface area contributed by atoms with Crippen LogP contribution < -0.4 is 11.1 Å². The number of ether oxygens (including phenoxy) is 1. The Morgan fingerprint density at radius 2 is 2.21 bits per heavy atom. The molecule has 8 heteroatoms. The van der Waals surface area contributed by atoms with Gasteiger partial charge in [-0.3, -0.25) is 4.57 Å². The minimum absolute atomic E-state index is 0.00532. The van der Waals surface area contributed by atoms with Crippen LogP contribution in [0.15, 0.2) is 35.7 Å². The van der Waals surface area contributed by atoms with Crippen LogP contribution in [-0.2, 0) is 4.74 Å². The highest BCUT2D eigenvalue weighted by atomic mass is 32.2. The monoisotopic (exact) mass is 342 g/mol. The zero-order valence-corrected chi connectivity index (χ0v) is 14.1. The number of aromatic nitrogens is 4. The molecule has 0 spiro atoms. The third kappa shape index (κ3) is 2.67. The second kappa shape index (κ2) is 6.29. The number of hydrogen-bond donors (Lipinski definition) is 2. The number of nitrogens with one attached hydrogen (secondary N) is 1. The van der Waals surface area contributed by atoms with E-state index in [-0.39, 0.29) is 6.23 Å². The predicted octanol–water partition coefficient (Wildman–Crippen LogP) is 3.18. The quantitative estimate of drug-likeness (QED) is 0.427. The van der Waals surface area contributed by atoms with Crippen LogP contribution in [0.4, 0.5) is 17.2 Å². The fraction of sp³-hybridized carbons (Fsp3) is 0.312. The SMILES string of the molecule is CSc1nc(Nc2ccccc2N)c2ncn(C3CCCO3)c2n1. The van der Waals surface area contributed by atoms with Crippen molar-refractivity contribution >= 4 is 40.1 Å². The van der Waals surface area contributed by atoms with Gasteiger partial charge in [0, 0.05) is 6.61 Å². The molecule has 1 aromatic carbocycles. The highest BCUT2D eigenvalue weighted by Gasteiger charge is 2.22. The molecular formula is C16H18N6OS. The number of nitrogen functional groups attached to an aromatic ring is 1. The molecule has 4 rings (SSSR count). The van der Waals surface area contributed by atoms with E-state index in [9.17, 15) is 0 Å². The van der Waals surface area contributed by atoms with Crippen LogP contribution >= 0.6 is 11.8 Å². The summed E-state index contributed by atoms with van der Waals surface area (Å²) in [5.74, 6) is 0.652. The number of anilines is 3. The predicted molar refractivity (Wildman–Crippen MR) is 95.5 cm³/mol. The molecule has 1 saturated heterocycles. The van der Waals surface area contributed by atoms with Crippen LogP contribution in [0.3, 0.4) is 0 Å². The van der Waals surface area contributed by atoms with Gasteiger partial charge in [-0.15, -0.1) is 0 Å². The summed E-state index contributed by atoms with van der Waals surface area (Å²) in [6.45, 7) is 0.774. The molecule has 1 aliphatic heterocycles. The molecule has 0 saturated carbocycles. The summed E-state index contributed by atoms with van der Waals surface area (Å²) in [4.78, 5) is 13.7. The van der Waals surface area contributed by atoms with Crippen molar-refractivity contribution in [1.82, 2.24) is 19.5 Å².